The fourth-order valence-corrected chi connectivity index (χ4v) is 2.45. The maximum atomic E-state index is 12.1. The van der Waals surface area contributed by atoms with Crippen LogP contribution in [0.4, 0.5) is 4.79 Å². The van der Waals surface area contributed by atoms with E-state index in [-0.39, 0.29) is 58.0 Å². The summed E-state index contributed by atoms with van der Waals surface area (Å²) < 4.78 is 60.7. The summed E-state index contributed by atoms with van der Waals surface area (Å²) in [6.45, 7) is 3.52. The molecule has 12 heteroatoms. The van der Waals surface area contributed by atoms with Crippen LogP contribution in [0.5, 0.6) is 0 Å². The van der Waals surface area contributed by atoms with Gasteiger partial charge in [0.15, 0.2) is 0 Å². The van der Waals surface area contributed by atoms with Crippen LogP contribution in [0.3, 0.4) is 0 Å². The summed E-state index contributed by atoms with van der Waals surface area (Å²) >= 11 is 0. The molecule has 0 saturated carbocycles. The van der Waals surface area contributed by atoms with Crippen molar-refractivity contribution in [1.82, 2.24) is 0 Å². The predicted octanol–water partition coefficient (Wildman–Crippen LogP) is -1.35. The van der Waals surface area contributed by atoms with E-state index < -0.39 is 43.0 Å². The first-order valence-electron chi connectivity index (χ1n) is 5.85. The van der Waals surface area contributed by atoms with Gasteiger partial charge in [-0.2, -0.15) is 0 Å². The summed E-state index contributed by atoms with van der Waals surface area (Å²) in [5, 5.41) is 0. The maximum absolute atomic E-state index is 12.1. The van der Waals surface area contributed by atoms with Gasteiger partial charge in [0.25, 0.3) is 0 Å². The minimum absolute atomic E-state index is 0. The number of ether oxygens (including phenoxy) is 1. The molecule has 9 nitrogen and oxygen atoms in total. The summed E-state index contributed by atoms with van der Waals surface area (Å²) in [6, 6.07) is 0. The first-order valence-corrected chi connectivity index (χ1v) is 8.72. The average molecular weight is 372 g/mol. The van der Waals surface area contributed by atoms with Gasteiger partial charge < -0.3 is 13.8 Å². The minimum atomic E-state index is -4.87. The monoisotopic (exact) mass is 372 g/mol. The van der Waals surface area contributed by atoms with Gasteiger partial charge in [-0.3, -0.25) is 8.71 Å². The van der Waals surface area contributed by atoms with Crippen LogP contribution in [0.1, 0.15) is 27.2 Å². The molecule has 0 rings (SSSR count). The SMILES string of the molecule is CCOP(=O)(OCCOS(=O)(=O)[O-])C(=O)OC(C)CC.[K+]. The van der Waals surface area contributed by atoms with E-state index in [1.54, 1.807) is 13.8 Å². The quantitative estimate of drug-likeness (QED) is 0.150. The van der Waals surface area contributed by atoms with Crippen LogP contribution in [-0.4, -0.2) is 44.6 Å². The van der Waals surface area contributed by atoms with Gasteiger partial charge in [0.05, 0.1) is 25.9 Å². The van der Waals surface area contributed by atoms with E-state index in [1.165, 1.54) is 6.92 Å². The molecule has 21 heavy (non-hydrogen) atoms. The number of hydrogen-bond donors (Lipinski definition) is 0. The van der Waals surface area contributed by atoms with E-state index in [0.29, 0.717) is 6.42 Å². The van der Waals surface area contributed by atoms with Crippen molar-refractivity contribution in [1.29, 1.82) is 0 Å². The van der Waals surface area contributed by atoms with Crippen molar-refractivity contribution in [3.63, 3.8) is 0 Å². The van der Waals surface area contributed by atoms with Crippen LogP contribution in [0.25, 0.3) is 0 Å². The molecule has 0 aliphatic rings. The number of hydrogen-bond acceptors (Lipinski definition) is 9. The third kappa shape index (κ3) is 11.3. The Morgan fingerprint density at radius 1 is 1.24 bits per heavy atom. The Morgan fingerprint density at radius 3 is 2.24 bits per heavy atom. The van der Waals surface area contributed by atoms with Crippen molar-refractivity contribution >= 4 is 23.7 Å². The average Bonchev–Trinajstić information content (AvgIpc) is 2.33. The van der Waals surface area contributed by atoms with Crippen LogP contribution in [0.15, 0.2) is 0 Å². The molecule has 2 unspecified atom stereocenters. The zero-order valence-electron chi connectivity index (χ0n) is 12.4. The molecule has 0 aliphatic heterocycles. The molecular formula is C9H18KO9PS. The van der Waals surface area contributed by atoms with Crippen molar-refractivity contribution in [3.8, 4) is 0 Å². The summed E-state index contributed by atoms with van der Waals surface area (Å²) in [6.07, 6.45) is 0.0354. The van der Waals surface area contributed by atoms with Gasteiger partial charge in [-0.15, -0.1) is 0 Å². The molecule has 120 valence electrons. The third-order valence-electron chi connectivity index (χ3n) is 1.97. The van der Waals surface area contributed by atoms with Gasteiger partial charge >= 0.3 is 64.7 Å². The standard InChI is InChI=1S/C9H19O9PS.K/c1-4-8(3)18-9(10)19(11,15-5-2)16-6-7-17-20(12,13)14;/h8H,4-7H2,1-3H3,(H,12,13,14);/q;+1/p-1. The molecule has 2 atom stereocenters. The van der Waals surface area contributed by atoms with Crippen LogP contribution < -0.4 is 51.4 Å². The van der Waals surface area contributed by atoms with Crippen LogP contribution in [0, 0.1) is 0 Å². The molecule has 0 aliphatic carbocycles. The molecule has 0 aromatic heterocycles. The Hall–Kier alpha value is 1.13. The molecular weight excluding hydrogens is 354 g/mol. The second kappa shape index (κ2) is 11.6. The van der Waals surface area contributed by atoms with E-state index >= 15 is 0 Å². The Morgan fingerprint density at radius 2 is 1.81 bits per heavy atom. The molecule has 0 heterocycles. The Bertz CT molecular complexity index is 452. The van der Waals surface area contributed by atoms with Crippen molar-refractivity contribution in [3.05, 3.63) is 0 Å². The second-order valence-electron chi connectivity index (χ2n) is 3.58. The van der Waals surface area contributed by atoms with Crippen molar-refractivity contribution in [2.24, 2.45) is 0 Å². The van der Waals surface area contributed by atoms with E-state index in [0.717, 1.165) is 0 Å². The zero-order chi connectivity index (χ0) is 15.8. The van der Waals surface area contributed by atoms with Gasteiger partial charge in [0.1, 0.15) is 0 Å². The van der Waals surface area contributed by atoms with E-state index in [4.69, 9.17) is 13.8 Å². The molecule has 0 aromatic carbocycles. The van der Waals surface area contributed by atoms with Crippen LogP contribution >= 0.6 is 7.60 Å². The van der Waals surface area contributed by atoms with E-state index in [1.807, 2.05) is 0 Å². The smallest absolute Gasteiger partial charge is 0.726 e. The zero-order valence-corrected chi connectivity index (χ0v) is 17.3. The van der Waals surface area contributed by atoms with Gasteiger partial charge in [0, 0.05) is 0 Å². The first-order chi connectivity index (χ1) is 9.14. The van der Waals surface area contributed by atoms with Gasteiger partial charge in [-0.1, -0.05) is 6.92 Å². The predicted molar refractivity (Wildman–Crippen MR) is 67.1 cm³/mol. The number of rotatable bonds is 10. The summed E-state index contributed by atoms with van der Waals surface area (Å²) in [4.78, 5) is 11.7. The van der Waals surface area contributed by atoms with Gasteiger partial charge in [-0.25, -0.2) is 17.8 Å². The van der Waals surface area contributed by atoms with Crippen LogP contribution in [-0.2, 0) is 32.9 Å². The molecule has 0 amide bonds. The molecule has 0 spiro atoms. The normalized spacial score (nSPS) is 15.6. The molecule has 0 saturated heterocycles. The number of carbonyl (C=O) groups excluding carboxylic acids is 1. The van der Waals surface area contributed by atoms with E-state index in [2.05, 4.69) is 4.18 Å². The fraction of sp³-hybridized carbons (Fsp3) is 0.889. The fourth-order valence-electron chi connectivity index (χ4n) is 0.926. The summed E-state index contributed by atoms with van der Waals surface area (Å²) in [5.74, 6) is 0. The molecule has 0 fully saturated rings. The molecule has 0 aromatic rings. The Balaban J connectivity index is 0. The summed E-state index contributed by atoms with van der Waals surface area (Å²) in [7, 11) is -9.07. The Kier molecular flexibility index (Phi) is 13.5. The van der Waals surface area contributed by atoms with Gasteiger partial charge in [0.2, 0.25) is 10.4 Å². The molecule has 0 bridgehead atoms. The van der Waals surface area contributed by atoms with Crippen molar-refractivity contribution < 1.29 is 91.7 Å². The second-order valence-corrected chi connectivity index (χ2v) is 6.51. The third-order valence-corrected chi connectivity index (χ3v) is 4.10. The number of carbonyl (C=O) groups is 1. The first kappa shape index (κ1) is 24.4. The largest absolute Gasteiger partial charge is 1.00 e. The maximum Gasteiger partial charge on any atom is 1.00 e. The topological polar surface area (TPSA) is 128 Å². The Labute approximate surface area is 166 Å². The van der Waals surface area contributed by atoms with Crippen LogP contribution in [0.2, 0.25) is 0 Å². The molecule has 0 N–H and O–H groups in total. The van der Waals surface area contributed by atoms with E-state index in [9.17, 15) is 22.3 Å². The van der Waals surface area contributed by atoms with Crippen molar-refractivity contribution in [2.75, 3.05) is 19.8 Å². The minimum Gasteiger partial charge on any atom is -0.726 e. The molecule has 0 radical (unpaired) electrons. The summed E-state index contributed by atoms with van der Waals surface area (Å²) in [5.41, 5.74) is -1.17. The van der Waals surface area contributed by atoms with Gasteiger partial charge in [-0.05, 0) is 20.3 Å². The van der Waals surface area contributed by atoms with Crippen molar-refractivity contribution in [2.45, 2.75) is 33.3 Å².